The van der Waals surface area contributed by atoms with Crippen LogP contribution in [0.25, 0.3) is 0 Å². The third-order valence-electron chi connectivity index (χ3n) is 3.42. The Morgan fingerprint density at radius 2 is 2.05 bits per heavy atom. The molecule has 1 aromatic rings. The van der Waals surface area contributed by atoms with Gasteiger partial charge in [0.05, 0.1) is 12.9 Å². The number of sulfonamides is 1. The number of nitrogens with zero attached hydrogens (tertiary/aromatic N) is 4. The van der Waals surface area contributed by atoms with E-state index in [1.165, 1.54) is 15.2 Å². The van der Waals surface area contributed by atoms with Gasteiger partial charge < -0.3 is 16.0 Å². The summed E-state index contributed by atoms with van der Waals surface area (Å²) in [5.41, 5.74) is 10.8. The molecule has 0 aliphatic carbocycles. The van der Waals surface area contributed by atoms with Crippen LogP contribution in [-0.4, -0.2) is 65.8 Å². The molecule has 0 radical (unpaired) electrons. The fraction of sp³-hybridized carbons (Fsp3) is 0.636. The summed E-state index contributed by atoms with van der Waals surface area (Å²) < 4.78 is 28.1. The molecule has 0 bridgehead atoms. The maximum absolute atomic E-state index is 12.6. The summed E-state index contributed by atoms with van der Waals surface area (Å²) in [6.45, 7) is 1.90. The summed E-state index contributed by atoms with van der Waals surface area (Å²) in [5.74, 6) is -0.419. The second-order valence-corrected chi connectivity index (χ2v) is 6.90. The molecule has 0 aromatic carbocycles. The van der Waals surface area contributed by atoms with Crippen LogP contribution in [0.15, 0.2) is 11.4 Å². The van der Waals surface area contributed by atoms with Gasteiger partial charge in [-0.1, -0.05) is 0 Å². The Labute approximate surface area is 123 Å². The summed E-state index contributed by atoms with van der Waals surface area (Å²) in [6.07, 6.45) is 2.00. The first-order valence-electron chi connectivity index (χ1n) is 6.60. The number of aromatic nitrogens is 2. The van der Waals surface area contributed by atoms with Crippen LogP contribution in [0.2, 0.25) is 0 Å². The van der Waals surface area contributed by atoms with E-state index in [1.54, 1.807) is 7.05 Å². The third kappa shape index (κ3) is 3.34. The molecule has 0 unspecified atom stereocenters. The molecule has 1 saturated heterocycles. The number of carbonyl (C=O) groups excluding carboxylic acids is 1. The van der Waals surface area contributed by atoms with E-state index in [0.717, 1.165) is 0 Å². The molecule has 1 aliphatic heterocycles. The molecule has 2 heterocycles. The Hall–Kier alpha value is -1.65. The lowest BCUT2D eigenvalue weighted by atomic mass is 10.4. The predicted molar refractivity (Wildman–Crippen MR) is 76.6 cm³/mol. The van der Waals surface area contributed by atoms with Gasteiger partial charge in [0.25, 0.3) is 10.0 Å². The van der Waals surface area contributed by atoms with E-state index in [9.17, 15) is 13.2 Å². The van der Waals surface area contributed by atoms with Gasteiger partial charge in [-0.25, -0.2) is 13.4 Å². The van der Waals surface area contributed by atoms with Crippen molar-refractivity contribution in [3.63, 3.8) is 0 Å². The predicted octanol–water partition coefficient (Wildman–Crippen LogP) is -1.82. The maximum Gasteiger partial charge on any atom is 0.262 e. The summed E-state index contributed by atoms with van der Waals surface area (Å²) in [6, 6.07) is 0. The highest BCUT2D eigenvalue weighted by Crippen LogP contribution is 2.21. The summed E-state index contributed by atoms with van der Waals surface area (Å²) >= 11 is 0. The second kappa shape index (κ2) is 6.00. The molecule has 4 N–H and O–H groups in total. The summed E-state index contributed by atoms with van der Waals surface area (Å²) in [7, 11) is -2.10. The number of nitrogens with two attached hydrogens (primary N) is 2. The van der Waals surface area contributed by atoms with Crippen molar-refractivity contribution in [2.24, 2.45) is 12.8 Å². The quantitative estimate of drug-likeness (QED) is 0.673. The van der Waals surface area contributed by atoms with Crippen LogP contribution in [0.5, 0.6) is 0 Å². The Morgan fingerprint density at radius 3 is 2.62 bits per heavy atom. The van der Waals surface area contributed by atoms with E-state index in [1.807, 2.05) is 4.90 Å². The van der Waals surface area contributed by atoms with E-state index in [4.69, 9.17) is 11.5 Å². The lowest BCUT2D eigenvalue weighted by Gasteiger charge is -2.21. The Balaban J connectivity index is 2.17. The number of carbonyl (C=O) groups is 1. The molecule has 10 heteroatoms. The van der Waals surface area contributed by atoms with E-state index < -0.39 is 15.9 Å². The van der Waals surface area contributed by atoms with Crippen LogP contribution in [-0.2, 0) is 21.9 Å². The van der Waals surface area contributed by atoms with E-state index >= 15 is 0 Å². The van der Waals surface area contributed by atoms with Crippen LogP contribution in [0, 0.1) is 0 Å². The highest BCUT2D eigenvalue weighted by molar-refractivity contribution is 7.89. The molecule has 0 spiro atoms. The van der Waals surface area contributed by atoms with E-state index in [2.05, 4.69) is 4.98 Å². The van der Waals surface area contributed by atoms with Gasteiger partial charge in [0.2, 0.25) is 5.91 Å². The Morgan fingerprint density at radius 1 is 1.33 bits per heavy atom. The standard InChI is InChI=1S/C11H20N6O3S/c1-15-8-14-10(13)11(15)21(19,20)17-4-2-3-16(5-6-17)7-9(12)18/h8H,2-7,13H2,1H3,(H2,12,18). The van der Waals surface area contributed by atoms with Crippen molar-refractivity contribution in [2.75, 3.05) is 38.5 Å². The van der Waals surface area contributed by atoms with Gasteiger partial charge in [0.1, 0.15) is 0 Å². The van der Waals surface area contributed by atoms with E-state index in [-0.39, 0.29) is 17.4 Å². The number of amides is 1. The Kier molecular flexibility index (Phi) is 4.49. The molecule has 9 nitrogen and oxygen atoms in total. The van der Waals surface area contributed by atoms with Gasteiger partial charge in [-0.2, -0.15) is 4.31 Å². The fourth-order valence-corrected chi connectivity index (χ4v) is 4.10. The van der Waals surface area contributed by atoms with Crippen LogP contribution in [0.4, 0.5) is 5.82 Å². The maximum atomic E-state index is 12.6. The molecule has 1 amide bonds. The van der Waals surface area contributed by atoms with Crippen molar-refractivity contribution in [1.82, 2.24) is 18.8 Å². The molecule has 1 aliphatic rings. The second-order valence-electron chi connectivity index (χ2n) is 5.05. The molecule has 21 heavy (non-hydrogen) atoms. The van der Waals surface area contributed by atoms with Crippen molar-refractivity contribution < 1.29 is 13.2 Å². The normalized spacial score (nSPS) is 18.5. The average molecular weight is 316 g/mol. The number of hydrogen-bond acceptors (Lipinski definition) is 6. The average Bonchev–Trinajstić information content (AvgIpc) is 2.60. The van der Waals surface area contributed by atoms with Gasteiger partial charge >= 0.3 is 0 Å². The van der Waals surface area contributed by atoms with Crippen LogP contribution < -0.4 is 11.5 Å². The molecular formula is C11H20N6O3S. The highest BCUT2D eigenvalue weighted by Gasteiger charge is 2.31. The minimum atomic E-state index is -3.69. The number of hydrogen-bond donors (Lipinski definition) is 2. The zero-order chi connectivity index (χ0) is 15.6. The van der Waals surface area contributed by atoms with Gasteiger partial charge in [-0.15, -0.1) is 0 Å². The monoisotopic (exact) mass is 316 g/mol. The smallest absolute Gasteiger partial charge is 0.262 e. The van der Waals surface area contributed by atoms with Gasteiger partial charge in [-0.05, 0) is 13.0 Å². The van der Waals surface area contributed by atoms with Gasteiger partial charge in [0.15, 0.2) is 10.8 Å². The minimum absolute atomic E-state index is 0.00395. The molecule has 118 valence electrons. The van der Waals surface area contributed by atoms with Crippen molar-refractivity contribution >= 4 is 21.7 Å². The van der Waals surface area contributed by atoms with Crippen LogP contribution in [0.1, 0.15) is 6.42 Å². The van der Waals surface area contributed by atoms with Crippen molar-refractivity contribution in [3.8, 4) is 0 Å². The molecule has 0 atom stereocenters. The van der Waals surface area contributed by atoms with Gasteiger partial charge in [-0.3, -0.25) is 9.69 Å². The highest BCUT2D eigenvalue weighted by atomic mass is 32.2. The van der Waals surface area contributed by atoms with Crippen molar-refractivity contribution in [3.05, 3.63) is 6.33 Å². The lowest BCUT2D eigenvalue weighted by Crippen LogP contribution is -2.38. The minimum Gasteiger partial charge on any atom is -0.381 e. The van der Waals surface area contributed by atoms with Crippen molar-refractivity contribution in [2.45, 2.75) is 11.4 Å². The molecule has 1 fully saturated rings. The molecular weight excluding hydrogens is 296 g/mol. The number of primary amides is 1. The summed E-state index contributed by atoms with van der Waals surface area (Å²) in [4.78, 5) is 16.6. The Bertz CT molecular complexity index is 606. The number of anilines is 1. The molecule has 0 saturated carbocycles. The first-order chi connectivity index (χ1) is 9.82. The first-order valence-corrected chi connectivity index (χ1v) is 8.04. The zero-order valence-corrected chi connectivity index (χ0v) is 12.7. The largest absolute Gasteiger partial charge is 0.381 e. The molecule has 2 rings (SSSR count). The van der Waals surface area contributed by atoms with Crippen LogP contribution in [0.3, 0.4) is 0 Å². The molecule has 1 aromatic heterocycles. The number of rotatable bonds is 4. The van der Waals surface area contributed by atoms with Gasteiger partial charge in [0, 0.05) is 26.7 Å². The first kappa shape index (κ1) is 15.7. The zero-order valence-electron chi connectivity index (χ0n) is 11.9. The third-order valence-corrected chi connectivity index (χ3v) is 5.45. The topological polar surface area (TPSA) is 128 Å². The SMILES string of the molecule is Cn1cnc(N)c1S(=O)(=O)N1CCCN(CC(N)=O)CC1. The fourth-order valence-electron chi connectivity index (χ4n) is 2.44. The van der Waals surface area contributed by atoms with E-state index in [0.29, 0.717) is 32.6 Å². The summed E-state index contributed by atoms with van der Waals surface area (Å²) in [5, 5.41) is 0.00542. The number of aryl methyl sites for hydroxylation is 1. The van der Waals surface area contributed by atoms with Crippen LogP contribution >= 0.6 is 0 Å². The lowest BCUT2D eigenvalue weighted by molar-refractivity contribution is -0.119. The van der Waals surface area contributed by atoms with Crippen molar-refractivity contribution in [1.29, 1.82) is 0 Å². The number of nitrogen functional groups attached to an aromatic ring is 1. The number of imidazole rings is 1.